The van der Waals surface area contributed by atoms with E-state index >= 15 is 0 Å². The Morgan fingerprint density at radius 1 is 1.35 bits per heavy atom. The number of nitrogens with zero attached hydrogens (tertiary/aromatic N) is 2. The minimum absolute atomic E-state index is 0.279. The second-order valence-corrected chi connectivity index (χ2v) is 4.86. The Labute approximate surface area is 124 Å². The number of hydrogen-bond donors (Lipinski definition) is 0. The summed E-state index contributed by atoms with van der Waals surface area (Å²) in [6.45, 7) is 3.96. The molecular weight excluding hydrogens is 327 g/mol. The van der Waals surface area contributed by atoms with Crippen molar-refractivity contribution in [1.82, 2.24) is 9.78 Å². The molecule has 0 aliphatic carbocycles. The highest BCUT2D eigenvalue weighted by Gasteiger charge is 2.23. The fraction of sp³-hybridized carbons (Fsp3) is 0.286. The third-order valence-electron chi connectivity index (χ3n) is 2.77. The van der Waals surface area contributed by atoms with Crippen LogP contribution < -0.4 is 0 Å². The van der Waals surface area contributed by atoms with Crippen LogP contribution in [0.5, 0.6) is 0 Å². The first-order valence-electron chi connectivity index (χ1n) is 6.28. The Kier molecular flexibility index (Phi) is 4.54. The van der Waals surface area contributed by atoms with Gasteiger partial charge in [0.15, 0.2) is 5.69 Å². The molecule has 2 rings (SSSR count). The number of esters is 1. The van der Waals surface area contributed by atoms with Crippen molar-refractivity contribution in [2.75, 3.05) is 6.61 Å². The van der Waals surface area contributed by atoms with Gasteiger partial charge in [0.05, 0.1) is 22.5 Å². The topological polar surface area (TPSA) is 44.1 Å². The average molecular weight is 341 g/mol. The Morgan fingerprint density at radius 3 is 2.55 bits per heavy atom. The molecule has 20 heavy (non-hydrogen) atoms. The van der Waals surface area contributed by atoms with E-state index in [4.69, 9.17) is 4.74 Å². The van der Waals surface area contributed by atoms with Gasteiger partial charge in [-0.05, 0) is 53.5 Å². The van der Waals surface area contributed by atoms with Crippen molar-refractivity contribution in [2.45, 2.75) is 20.3 Å². The molecule has 0 spiro atoms. The molecule has 0 radical (unpaired) electrons. The monoisotopic (exact) mass is 340 g/mol. The van der Waals surface area contributed by atoms with Crippen LogP contribution in [0.15, 0.2) is 28.7 Å². The summed E-state index contributed by atoms with van der Waals surface area (Å²) in [6, 6.07) is 5.78. The lowest BCUT2D eigenvalue weighted by molar-refractivity contribution is 0.0514. The summed E-state index contributed by atoms with van der Waals surface area (Å²) in [5.74, 6) is -0.802. The molecule has 0 bridgehead atoms. The van der Waals surface area contributed by atoms with Gasteiger partial charge in [0.1, 0.15) is 5.82 Å². The second kappa shape index (κ2) is 6.17. The van der Waals surface area contributed by atoms with Crippen molar-refractivity contribution in [3.8, 4) is 5.69 Å². The van der Waals surface area contributed by atoms with Crippen molar-refractivity contribution >= 4 is 21.9 Å². The summed E-state index contributed by atoms with van der Waals surface area (Å²) < 4.78 is 20.1. The van der Waals surface area contributed by atoms with E-state index in [0.29, 0.717) is 22.3 Å². The predicted molar refractivity (Wildman–Crippen MR) is 76.6 cm³/mol. The molecule has 0 N–H and O–H groups in total. The quantitative estimate of drug-likeness (QED) is 0.800. The van der Waals surface area contributed by atoms with Crippen LogP contribution in [-0.2, 0) is 11.2 Å². The van der Waals surface area contributed by atoms with Gasteiger partial charge in [-0.25, -0.2) is 13.9 Å². The summed E-state index contributed by atoms with van der Waals surface area (Å²) in [4.78, 5) is 12.1. The van der Waals surface area contributed by atoms with Gasteiger partial charge in [-0.2, -0.15) is 5.10 Å². The highest BCUT2D eigenvalue weighted by molar-refractivity contribution is 9.10. The SMILES string of the molecule is CCOC(=O)c1c(Br)c(CC)nn1-c1ccc(F)cc1. The van der Waals surface area contributed by atoms with E-state index < -0.39 is 5.97 Å². The van der Waals surface area contributed by atoms with E-state index in [1.165, 1.54) is 16.8 Å². The molecule has 0 aliphatic rings. The molecule has 0 amide bonds. The zero-order chi connectivity index (χ0) is 14.7. The van der Waals surface area contributed by atoms with E-state index in [0.717, 1.165) is 5.69 Å². The maximum absolute atomic E-state index is 13.0. The molecule has 0 aliphatic heterocycles. The molecule has 6 heteroatoms. The minimum Gasteiger partial charge on any atom is -0.461 e. The zero-order valence-electron chi connectivity index (χ0n) is 11.2. The predicted octanol–water partition coefficient (Wildman–Crippen LogP) is 3.51. The highest BCUT2D eigenvalue weighted by Crippen LogP contribution is 2.26. The standard InChI is InChI=1S/C14H14BrFN2O2/c1-3-11-12(15)13(14(19)20-4-2)18(17-11)10-7-5-9(16)6-8-10/h5-8H,3-4H2,1-2H3. The summed E-state index contributed by atoms with van der Waals surface area (Å²) >= 11 is 3.39. The molecule has 2 aromatic rings. The van der Waals surface area contributed by atoms with Gasteiger partial charge in [0, 0.05) is 0 Å². The first-order valence-corrected chi connectivity index (χ1v) is 7.08. The van der Waals surface area contributed by atoms with Gasteiger partial charge in [-0.15, -0.1) is 0 Å². The minimum atomic E-state index is -0.462. The summed E-state index contributed by atoms with van der Waals surface area (Å²) in [5, 5.41) is 4.38. The molecule has 0 saturated carbocycles. The average Bonchev–Trinajstić information content (AvgIpc) is 2.77. The molecule has 106 valence electrons. The van der Waals surface area contributed by atoms with Crippen molar-refractivity contribution < 1.29 is 13.9 Å². The maximum atomic E-state index is 13.0. The summed E-state index contributed by atoms with van der Waals surface area (Å²) in [5.41, 5.74) is 1.67. The first-order chi connectivity index (χ1) is 9.58. The number of aromatic nitrogens is 2. The van der Waals surface area contributed by atoms with Crippen LogP contribution in [0.1, 0.15) is 30.0 Å². The lowest BCUT2D eigenvalue weighted by Crippen LogP contribution is -2.12. The molecule has 1 aromatic carbocycles. The maximum Gasteiger partial charge on any atom is 0.358 e. The third-order valence-corrected chi connectivity index (χ3v) is 3.60. The van der Waals surface area contributed by atoms with Crippen molar-refractivity contribution in [1.29, 1.82) is 0 Å². The fourth-order valence-corrected chi connectivity index (χ4v) is 2.50. The van der Waals surface area contributed by atoms with Gasteiger partial charge in [-0.1, -0.05) is 6.92 Å². The van der Waals surface area contributed by atoms with Gasteiger partial charge >= 0.3 is 5.97 Å². The lowest BCUT2D eigenvalue weighted by atomic mass is 10.3. The van der Waals surface area contributed by atoms with Crippen LogP contribution in [-0.4, -0.2) is 22.4 Å². The van der Waals surface area contributed by atoms with Gasteiger partial charge in [0.25, 0.3) is 0 Å². The number of carbonyl (C=O) groups excluding carboxylic acids is 1. The van der Waals surface area contributed by atoms with Crippen molar-refractivity contribution in [3.63, 3.8) is 0 Å². The van der Waals surface area contributed by atoms with E-state index in [2.05, 4.69) is 21.0 Å². The normalized spacial score (nSPS) is 10.6. The Balaban J connectivity index is 2.56. The Morgan fingerprint density at radius 2 is 2.00 bits per heavy atom. The van der Waals surface area contributed by atoms with E-state index in [9.17, 15) is 9.18 Å². The summed E-state index contributed by atoms with van der Waals surface area (Å²) in [6.07, 6.45) is 0.668. The second-order valence-electron chi connectivity index (χ2n) is 4.07. The molecule has 1 aromatic heterocycles. The van der Waals surface area contributed by atoms with E-state index in [1.807, 2.05) is 6.92 Å². The number of halogens is 2. The lowest BCUT2D eigenvalue weighted by Gasteiger charge is -2.07. The van der Waals surface area contributed by atoms with Gasteiger partial charge < -0.3 is 4.74 Å². The summed E-state index contributed by atoms with van der Waals surface area (Å²) in [7, 11) is 0. The van der Waals surface area contributed by atoms with Crippen LogP contribution in [0.25, 0.3) is 5.69 Å². The largest absolute Gasteiger partial charge is 0.461 e. The van der Waals surface area contributed by atoms with Crippen LogP contribution in [0.2, 0.25) is 0 Å². The van der Waals surface area contributed by atoms with E-state index in [-0.39, 0.29) is 12.4 Å². The molecule has 0 saturated heterocycles. The zero-order valence-corrected chi connectivity index (χ0v) is 12.8. The van der Waals surface area contributed by atoms with Crippen LogP contribution >= 0.6 is 15.9 Å². The molecule has 0 unspecified atom stereocenters. The molecule has 0 atom stereocenters. The van der Waals surface area contributed by atoms with Crippen LogP contribution in [0.4, 0.5) is 4.39 Å². The molecule has 1 heterocycles. The number of rotatable bonds is 4. The number of aryl methyl sites for hydroxylation is 1. The van der Waals surface area contributed by atoms with Gasteiger partial charge in [0.2, 0.25) is 0 Å². The number of benzene rings is 1. The third kappa shape index (κ3) is 2.75. The molecule has 0 fully saturated rings. The van der Waals surface area contributed by atoms with Crippen molar-refractivity contribution in [2.24, 2.45) is 0 Å². The van der Waals surface area contributed by atoms with E-state index in [1.54, 1.807) is 19.1 Å². The number of hydrogen-bond acceptors (Lipinski definition) is 3. The number of carbonyl (C=O) groups is 1. The highest BCUT2D eigenvalue weighted by atomic mass is 79.9. The fourth-order valence-electron chi connectivity index (χ4n) is 1.81. The van der Waals surface area contributed by atoms with Crippen LogP contribution in [0, 0.1) is 5.82 Å². The Hall–Kier alpha value is -1.69. The first kappa shape index (κ1) is 14.7. The van der Waals surface area contributed by atoms with Gasteiger partial charge in [-0.3, -0.25) is 0 Å². The van der Waals surface area contributed by atoms with Crippen molar-refractivity contribution in [3.05, 3.63) is 45.9 Å². The smallest absolute Gasteiger partial charge is 0.358 e. The Bertz CT molecular complexity index is 623. The number of ether oxygens (including phenoxy) is 1. The van der Waals surface area contributed by atoms with Crippen LogP contribution in [0.3, 0.4) is 0 Å². The molecule has 4 nitrogen and oxygen atoms in total. The molecular formula is C14H14BrFN2O2.